The van der Waals surface area contributed by atoms with Gasteiger partial charge in [0.1, 0.15) is 11.4 Å². The van der Waals surface area contributed by atoms with Gasteiger partial charge < -0.3 is 10.1 Å². The van der Waals surface area contributed by atoms with E-state index < -0.39 is 23.4 Å². The van der Waals surface area contributed by atoms with Crippen LogP contribution >= 0.6 is 15.9 Å². The maximum Gasteiger partial charge on any atom is 0.412 e. The normalized spacial score (nSPS) is 11.2. The van der Waals surface area contributed by atoms with Crippen LogP contribution < -0.4 is 10.6 Å². The molecule has 0 atom stereocenters. The Kier molecular flexibility index (Phi) is 6.40. The zero-order valence-corrected chi connectivity index (χ0v) is 18.9. The van der Waals surface area contributed by atoms with Crippen LogP contribution in [0.5, 0.6) is 0 Å². The molecule has 0 unspecified atom stereocenters. The fourth-order valence-corrected chi connectivity index (χ4v) is 3.08. The molecule has 0 fully saturated rings. The molecule has 162 valence electrons. The zero-order chi connectivity index (χ0) is 22.8. The predicted octanol–water partition coefficient (Wildman–Crippen LogP) is 5.08. The van der Waals surface area contributed by atoms with Crippen molar-refractivity contribution < 1.29 is 18.7 Å². The van der Waals surface area contributed by atoms with Gasteiger partial charge in [0.05, 0.1) is 17.1 Å². The monoisotopic (exact) mass is 489 g/mol. The number of carbonyl (C=O) groups is 2. The lowest BCUT2D eigenvalue weighted by molar-refractivity contribution is 0.0635. The van der Waals surface area contributed by atoms with E-state index in [9.17, 15) is 14.0 Å². The number of benzene rings is 2. The lowest BCUT2D eigenvalue weighted by atomic mass is 10.2. The van der Waals surface area contributed by atoms with Crippen molar-refractivity contribution in [2.75, 3.05) is 10.6 Å². The first kappa shape index (κ1) is 22.4. The predicted molar refractivity (Wildman–Crippen MR) is 118 cm³/mol. The highest BCUT2D eigenvalue weighted by Gasteiger charge is 2.20. The van der Waals surface area contributed by atoms with E-state index in [2.05, 4.69) is 36.9 Å². The molecule has 0 saturated heterocycles. The molecule has 0 aliphatic rings. The molecule has 0 radical (unpaired) electrons. The Morgan fingerprint density at radius 1 is 1.13 bits per heavy atom. The standard InChI is InChI=1S/C21H21BrFN5O3/c1-12-18(26-27-28(12)15-7-5-6-13(22)10-15)19(29)24-14-8-9-16(23)17(11-14)25-20(30)31-21(2,3)4/h5-11H,1-4H3,(H,24,29)(H,25,30). The lowest BCUT2D eigenvalue weighted by Gasteiger charge is -2.20. The minimum Gasteiger partial charge on any atom is -0.444 e. The highest BCUT2D eigenvalue weighted by atomic mass is 79.9. The quantitative estimate of drug-likeness (QED) is 0.532. The molecule has 8 nitrogen and oxygen atoms in total. The summed E-state index contributed by atoms with van der Waals surface area (Å²) in [6.45, 7) is 6.81. The van der Waals surface area contributed by atoms with Gasteiger partial charge in [-0.1, -0.05) is 27.2 Å². The average molecular weight is 490 g/mol. The largest absolute Gasteiger partial charge is 0.444 e. The number of aromatic nitrogens is 3. The number of carbonyl (C=O) groups excluding carboxylic acids is 2. The van der Waals surface area contributed by atoms with Crippen molar-refractivity contribution in [1.29, 1.82) is 0 Å². The van der Waals surface area contributed by atoms with Crippen LogP contribution in [0.25, 0.3) is 5.69 Å². The van der Waals surface area contributed by atoms with Crippen LogP contribution in [0, 0.1) is 12.7 Å². The molecule has 0 spiro atoms. The van der Waals surface area contributed by atoms with E-state index in [1.807, 2.05) is 24.3 Å². The minimum absolute atomic E-state index is 0.117. The van der Waals surface area contributed by atoms with Crippen LogP contribution in [0.4, 0.5) is 20.6 Å². The number of anilines is 2. The van der Waals surface area contributed by atoms with Crippen LogP contribution in [-0.2, 0) is 4.74 Å². The third kappa shape index (κ3) is 5.66. The van der Waals surface area contributed by atoms with Gasteiger partial charge in [-0.15, -0.1) is 5.10 Å². The summed E-state index contributed by atoms with van der Waals surface area (Å²) in [5.41, 5.74) is 0.805. The van der Waals surface area contributed by atoms with E-state index in [4.69, 9.17) is 4.74 Å². The second kappa shape index (κ2) is 8.84. The number of hydrogen-bond donors (Lipinski definition) is 2. The Hall–Kier alpha value is -3.27. The van der Waals surface area contributed by atoms with Gasteiger partial charge >= 0.3 is 6.09 Å². The van der Waals surface area contributed by atoms with Gasteiger partial charge in [0.25, 0.3) is 5.91 Å². The summed E-state index contributed by atoms with van der Waals surface area (Å²) in [5, 5.41) is 13.0. The molecule has 3 rings (SSSR count). The summed E-state index contributed by atoms with van der Waals surface area (Å²) in [6.07, 6.45) is -0.803. The second-order valence-electron chi connectivity index (χ2n) is 7.69. The van der Waals surface area contributed by atoms with E-state index in [1.165, 1.54) is 12.1 Å². The summed E-state index contributed by atoms with van der Waals surface area (Å²) in [4.78, 5) is 24.6. The molecule has 0 saturated carbocycles. The van der Waals surface area contributed by atoms with E-state index in [0.717, 1.165) is 16.2 Å². The first-order valence-electron chi connectivity index (χ1n) is 9.32. The number of nitrogens with one attached hydrogen (secondary N) is 2. The molecule has 3 aromatic rings. The van der Waals surface area contributed by atoms with Gasteiger partial charge in [-0.25, -0.2) is 13.9 Å². The first-order valence-corrected chi connectivity index (χ1v) is 10.1. The lowest BCUT2D eigenvalue weighted by Crippen LogP contribution is -2.27. The summed E-state index contributed by atoms with van der Waals surface area (Å²) < 4.78 is 21.6. The smallest absolute Gasteiger partial charge is 0.412 e. The highest BCUT2D eigenvalue weighted by molar-refractivity contribution is 9.10. The molecule has 10 heteroatoms. The van der Waals surface area contributed by atoms with E-state index in [1.54, 1.807) is 32.4 Å². The second-order valence-corrected chi connectivity index (χ2v) is 8.61. The molecule has 31 heavy (non-hydrogen) atoms. The minimum atomic E-state index is -0.803. The first-order chi connectivity index (χ1) is 14.5. The highest BCUT2D eigenvalue weighted by Crippen LogP contribution is 2.22. The Balaban J connectivity index is 1.77. The molecule has 0 aliphatic heterocycles. The molecule has 1 aromatic heterocycles. The van der Waals surface area contributed by atoms with Gasteiger partial charge in [-0.3, -0.25) is 10.1 Å². The van der Waals surface area contributed by atoms with Crippen molar-refractivity contribution in [3.63, 3.8) is 0 Å². The summed E-state index contributed by atoms with van der Waals surface area (Å²) in [7, 11) is 0. The van der Waals surface area contributed by atoms with Gasteiger partial charge in [0.2, 0.25) is 0 Å². The van der Waals surface area contributed by atoms with Crippen molar-refractivity contribution in [3.8, 4) is 5.69 Å². The summed E-state index contributed by atoms with van der Waals surface area (Å²) in [6, 6.07) is 11.2. The summed E-state index contributed by atoms with van der Waals surface area (Å²) in [5.74, 6) is -1.19. The molecule has 0 bridgehead atoms. The van der Waals surface area contributed by atoms with Crippen molar-refractivity contribution in [1.82, 2.24) is 15.0 Å². The topological polar surface area (TPSA) is 98.1 Å². The van der Waals surface area contributed by atoms with Gasteiger partial charge in [0.15, 0.2) is 5.69 Å². The fraction of sp³-hybridized carbons (Fsp3) is 0.238. The molecule has 1 heterocycles. The van der Waals surface area contributed by atoms with E-state index in [-0.39, 0.29) is 17.1 Å². The number of halogens is 2. The SMILES string of the molecule is Cc1c(C(=O)Nc2ccc(F)c(NC(=O)OC(C)(C)C)c2)nnn1-c1cccc(Br)c1. The molecule has 2 N–H and O–H groups in total. The molecule has 0 aliphatic carbocycles. The maximum absolute atomic E-state index is 14.1. The van der Waals surface area contributed by atoms with E-state index in [0.29, 0.717) is 5.69 Å². The Morgan fingerprint density at radius 3 is 2.55 bits per heavy atom. The van der Waals surface area contributed by atoms with Gasteiger partial charge in [-0.2, -0.15) is 0 Å². The zero-order valence-electron chi connectivity index (χ0n) is 17.4. The van der Waals surface area contributed by atoms with Crippen molar-refractivity contribution >= 4 is 39.3 Å². The van der Waals surface area contributed by atoms with Crippen molar-refractivity contribution in [3.05, 3.63) is 64.1 Å². The van der Waals surface area contributed by atoms with Crippen LogP contribution in [0.2, 0.25) is 0 Å². The van der Waals surface area contributed by atoms with Crippen LogP contribution in [-0.4, -0.2) is 32.6 Å². The number of ether oxygens (including phenoxy) is 1. The molecular weight excluding hydrogens is 469 g/mol. The number of amides is 2. The average Bonchev–Trinajstić information content (AvgIpc) is 3.04. The van der Waals surface area contributed by atoms with Crippen molar-refractivity contribution in [2.45, 2.75) is 33.3 Å². The van der Waals surface area contributed by atoms with Gasteiger partial charge in [-0.05, 0) is 64.1 Å². The Labute approximate surface area is 186 Å². The van der Waals surface area contributed by atoms with E-state index >= 15 is 0 Å². The van der Waals surface area contributed by atoms with Crippen LogP contribution in [0.3, 0.4) is 0 Å². The Morgan fingerprint density at radius 2 is 1.87 bits per heavy atom. The summed E-state index contributed by atoms with van der Waals surface area (Å²) >= 11 is 3.40. The molecule has 2 amide bonds. The number of hydrogen-bond acceptors (Lipinski definition) is 5. The number of nitrogens with zero attached hydrogens (tertiary/aromatic N) is 3. The Bertz CT molecular complexity index is 1140. The fourth-order valence-electron chi connectivity index (χ4n) is 2.69. The van der Waals surface area contributed by atoms with Crippen molar-refractivity contribution in [2.24, 2.45) is 0 Å². The number of rotatable bonds is 4. The van der Waals surface area contributed by atoms with Crippen LogP contribution in [0.15, 0.2) is 46.9 Å². The van der Waals surface area contributed by atoms with Crippen LogP contribution in [0.1, 0.15) is 37.0 Å². The van der Waals surface area contributed by atoms with Gasteiger partial charge in [0, 0.05) is 10.2 Å². The third-order valence-electron chi connectivity index (χ3n) is 4.02. The maximum atomic E-state index is 14.1. The third-order valence-corrected chi connectivity index (χ3v) is 4.52. The molecular formula is C21H21BrFN5O3. The molecule has 2 aromatic carbocycles.